The van der Waals surface area contributed by atoms with E-state index in [2.05, 4.69) is 10.4 Å². The lowest BCUT2D eigenvalue weighted by Crippen LogP contribution is -2.26. The van der Waals surface area contributed by atoms with Crippen molar-refractivity contribution in [1.82, 2.24) is 9.78 Å². The molecule has 3 aromatic carbocycles. The van der Waals surface area contributed by atoms with Gasteiger partial charge in [-0.05, 0) is 49.7 Å². The average Bonchev–Trinajstić information content (AvgIpc) is 3.12. The second-order valence-electron chi connectivity index (χ2n) is 7.98. The van der Waals surface area contributed by atoms with Gasteiger partial charge < -0.3 is 5.32 Å². The van der Waals surface area contributed by atoms with Gasteiger partial charge in [-0.2, -0.15) is 5.10 Å². The number of carbonyl (C=O) groups excluding carboxylic acids is 1. The number of sulfonamides is 1. The van der Waals surface area contributed by atoms with Crippen molar-refractivity contribution in [1.29, 1.82) is 0 Å². The van der Waals surface area contributed by atoms with Gasteiger partial charge >= 0.3 is 0 Å². The van der Waals surface area contributed by atoms with Crippen molar-refractivity contribution in [2.24, 2.45) is 0 Å². The molecule has 4 aromatic rings. The van der Waals surface area contributed by atoms with Crippen LogP contribution in [0, 0.1) is 13.8 Å². The molecular formula is C26H26N4O3S. The molecule has 0 atom stereocenters. The van der Waals surface area contributed by atoms with Crippen LogP contribution in [0.15, 0.2) is 89.8 Å². The maximum atomic E-state index is 13.1. The Morgan fingerprint density at radius 1 is 0.941 bits per heavy atom. The molecule has 0 spiro atoms. The summed E-state index contributed by atoms with van der Waals surface area (Å²) >= 11 is 0. The first-order valence-electron chi connectivity index (χ1n) is 10.8. The molecule has 1 N–H and O–H groups in total. The van der Waals surface area contributed by atoms with Crippen LogP contribution >= 0.6 is 0 Å². The number of aryl methyl sites for hydroxylation is 1. The molecule has 8 heteroatoms. The minimum Gasteiger partial charge on any atom is -0.322 e. The van der Waals surface area contributed by atoms with E-state index in [4.69, 9.17) is 0 Å². The van der Waals surface area contributed by atoms with Crippen LogP contribution in [0.1, 0.15) is 27.3 Å². The molecule has 0 aliphatic heterocycles. The fourth-order valence-corrected chi connectivity index (χ4v) is 5.04. The largest absolute Gasteiger partial charge is 0.322 e. The molecule has 1 heterocycles. The van der Waals surface area contributed by atoms with E-state index in [1.165, 1.54) is 23.5 Å². The van der Waals surface area contributed by atoms with Gasteiger partial charge in [0, 0.05) is 18.4 Å². The Morgan fingerprint density at radius 2 is 1.59 bits per heavy atom. The van der Waals surface area contributed by atoms with Gasteiger partial charge in [-0.3, -0.25) is 13.8 Å². The lowest BCUT2D eigenvalue weighted by Gasteiger charge is -2.20. The normalized spacial score (nSPS) is 11.3. The van der Waals surface area contributed by atoms with E-state index in [1.807, 2.05) is 43.3 Å². The van der Waals surface area contributed by atoms with E-state index in [-0.39, 0.29) is 10.8 Å². The summed E-state index contributed by atoms with van der Waals surface area (Å²) in [4.78, 5) is 13.2. The van der Waals surface area contributed by atoms with Crippen LogP contribution in [-0.2, 0) is 16.6 Å². The average molecular weight is 475 g/mol. The zero-order chi connectivity index (χ0) is 24.3. The number of rotatable bonds is 7. The van der Waals surface area contributed by atoms with E-state index in [0.717, 1.165) is 11.3 Å². The van der Waals surface area contributed by atoms with Crippen molar-refractivity contribution < 1.29 is 13.2 Å². The Kier molecular flexibility index (Phi) is 6.51. The Hall–Kier alpha value is -3.91. The van der Waals surface area contributed by atoms with Gasteiger partial charge in [0.2, 0.25) is 0 Å². The van der Waals surface area contributed by atoms with E-state index >= 15 is 0 Å². The number of benzene rings is 3. The number of carbonyl (C=O) groups is 1. The van der Waals surface area contributed by atoms with Gasteiger partial charge in [0.05, 0.1) is 28.4 Å². The van der Waals surface area contributed by atoms with Crippen LogP contribution < -0.4 is 9.62 Å². The Balaban J connectivity index is 1.56. The van der Waals surface area contributed by atoms with E-state index in [9.17, 15) is 13.2 Å². The number of para-hydroxylation sites is 1. The molecule has 0 unspecified atom stereocenters. The van der Waals surface area contributed by atoms with E-state index in [0.29, 0.717) is 29.2 Å². The highest BCUT2D eigenvalue weighted by atomic mass is 32.2. The molecule has 1 aromatic heterocycles. The quantitative estimate of drug-likeness (QED) is 0.423. The number of hydrogen-bond acceptors (Lipinski definition) is 4. The van der Waals surface area contributed by atoms with Gasteiger partial charge in [0.1, 0.15) is 0 Å². The summed E-state index contributed by atoms with van der Waals surface area (Å²) in [6.45, 7) is 4.20. The van der Waals surface area contributed by atoms with Crippen LogP contribution in [-0.4, -0.2) is 31.2 Å². The monoisotopic (exact) mass is 474 g/mol. The SMILES string of the molecule is Cc1nn(Cc2ccccc2)c(C)c1C(=O)Nc1cccc(S(=O)(=O)N(C)c2ccccc2)c1. The number of anilines is 2. The lowest BCUT2D eigenvalue weighted by atomic mass is 10.1. The molecule has 0 aliphatic carbocycles. The van der Waals surface area contributed by atoms with Crippen molar-refractivity contribution in [3.63, 3.8) is 0 Å². The topological polar surface area (TPSA) is 84.3 Å². The van der Waals surface area contributed by atoms with Gasteiger partial charge in [-0.15, -0.1) is 0 Å². The summed E-state index contributed by atoms with van der Waals surface area (Å²) in [5.74, 6) is -0.333. The van der Waals surface area contributed by atoms with Gasteiger partial charge in [-0.1, -0.05) is 54.6 Å². The Labute approximate surface area is 199 Å². The maximum Gasteiger partial charge on any atom is 0.264 e. The Morgan fingerprint density at radius 3 is 2.26 bits per heavy atom. The fraction of sp³-hybridized carbons (Fsp3) is 0.154. The summed E-state index contributed by atoms with van der Waals surface area (Å²) in [6, 6.07) is 25.0. The number of nitrogens with one attached hydrogen (secondary N) is 1. The second-order valence-corrected chi connectivity index (χ2v) is 9.95. The molecular weight excluding hydrogens is 448 g/mol. The maximum absolute atomic E-state index is 13.1. The first-order valence-corrected chi connectivity index (χ1v) is 12.2. The number of amides is 1. The van der Waals surface area contributed by atoms with E-state index in [1.54, 1.807) is 48.0 Å². The first kappa shape index (κ1) is 23.3. The zero-order valence-electron chi connectivity index (χ0n) is 19.3. The molecule has 34 heavy (non-hydrogen) atoms. The number of hydrogen-bond donors (Lipinski definition) is 1. The highest BCUT2D eigenvalue weighted by molar-refractivity contribution is 7.92. The first-order chi connectivity index (χ1) is 16.3. The van der Waals surface area contributed by atoms with Crippen molar-refractivity contribution in [2.75, 3.05) is 16.7 Å². The standard InChI is InChI=1S/C26H26N4O3S/c1-19-25(20(2)30(28-19)18-21-11-6-4-7-12-21)26(31)27-22-13-10-16-24(17-22)34(32,33)29(3)23-14-8-5-9-15-23/h4-17H,18H2,1-3H3,(H,27,31). The summed E-state index contributed by atoms with van der Waals surface area (Å²) < 4.78 is 29.3. The molecule has 0 saturated carbocycles. The predicted molar refractivity (Wildman–Crippen MR) is 134 cm³/mol. The summed E-state index contributed by atoms with van der Waals surface area (Å²) in [5, 5.41) is 7.37. The Bertz CT molecular complexity index is 1420. The molecule has 0 bridgehead atoms. The highest BCUT2D eigenvalue weighted by Crippen LogP contribution is 2.24. The molecule has 0 aliphatic rings. The lowest BCUT2D eigenvalue weighted by molar-refractivity contribution is 0.102. The predicted octanol–water partition coefficient (Wildman–Crippen LogP) is 4.63. The zero-order valence-corrected chi connectivity index (χ0v) is 20.1. The van der Waals surface area contributed by atoms with Gasteiger partial charge in [0.15, 0.2) is 0 Å². The van der Waals surface area contributed by atoms with Crippen molar-refractivity contribution in [3.8, 4) is 0 Å². The molecule has 0 radical (unpaired) electrons. The van der Waals surface area contributed by atoms with E-state index < -0.39 is 10.0 Å². The van der Waals surface area contributed by atoms with Crippen LogP contribution in [0.3, 0.4) is 0 Å². The van der Waals surface area contributed by atoms with Crippen LogP contribution in [0.4, 0.5) is 11.4 Å². The van der Waals surface area contributed by atoms with Gasteiger partial charge in [-0.25, -0.2) is 8.42 Å². The van der Waals surface area contributed by atoms with Crippen LogP contribution in [0.5, 0.6) is 0 Å². The summed E-state index contributed by atoms with van der Waals surface area (Å²) in [5.41, 5.74) is 3.85. The summed E-state index contributed by atoms with van der Waals surface area (Å²) in [7, 11) is -2.29. The third-order valence-corrected chi connectivity index (χ3v) is 7.44. The molecule has 7 nitrogen and oxygen atoms in total. The summed E-state index contributed by atoms with van der Waals surface area (Å²) in [6.07, 6.45) is 0. The number of nitrogens with zero attached hydrogens (tertiary/aromatic N) is 3. The van der Waals surface area contributed by atoms with Crippen molar-refractivity contribution in [2.45, 2.75) is 25.3 Å². The minimum absolute atomic E-state index is 0.0878. The molecule has 0 fully saturated rings. The van der Waals surface area contributed by atoms with Crippen LogP contribution in [0.25, 0.3) is 0 Å². The smallest absolute Gasteiger partial charge is 0.264 e. The van der Waals surface area contributed by atoms with Crippen molar-refractivity contribution >= 4 is 27.3 Å². The van der Waals surface area contributed by atoms with Crippen LogP contribution in [0.2, 0.25) is 0 Å². The molecule has 1 amide bonds. The highest BCUT2D eigenvalue weighted by Gasteiger charge is 2.23. The number of aromatic nitrogens is 2. The van der Waals surface area contributed by atoms with Gasteiger partial charge in [0.25, 0.3) is 15.9 Å². The molecule has 4 rings (SSSR count). The molecule has 0 saturated heterocycles. The second kappa shape index (κ2) is 9.52. The van der Waals surface area contributed by atoms with Crippen molar-refractivity contribution in [3.05, 3.63) is 107 Å². The molecule has 174 valence electrons. The third-order valence-electron chi connectivity index (χ3n) is 5.65. The third kappa shape index (κ3) is 4.72. The minimum atomic E-state index is -3.80. The fourth-order valence-electron chi connectivity index (χ4n) is 3.80.